The van der Waals surface area contributed by atoms with E-state index in [1.54, 1.807) is 23.0 Å². The Morgan fingerprint density at radius 2 is 1.76 bits per heavy atom. The van der Waals surface area contributed by atoms with E-state index in [-0.39, 0.29) is 23.0 Å². The lowest BCUT2D eigenvalue weighted by atomic mass is 10.0. The number of rotatable bonds is 6. The van der Waals surface area contributed by atoms with Gasteiger partial charge in [-0.3, -0.25) is 9.48 Å². The number of amides is 1. The molecule has 0 atom stereocenters. The number of aromatic nitrogens is 5. The maximum absolute atomic E-state index is 13.9. The van der Waals surface area contributed by atoms with Gasteiger partial charge in [-0.1, -0.05) is 68.4 Å². The molecule has 10 heteroatoms. The quantitative estimate of drug-likeness (QED) is 0.306. The highest BCUT2D eigenvalue weighted by atomic mass is 19.4. The Balaban J connectivity index is 1.43. The van der Waals surface area contributed by atoms with E-state index in [1.165, 1.54) is 12.3 Å². The van der Waals surface area contributed by atoms with Gasteiger partial charge >= 0.3 is 6.18 Å². The van der Waals surface area contributed by atoms with Crippen molar-refractivity contribution in [3.05, 3.63) is 102 Å². The number of carbonyl (C=O) groups is 1. The zero-order chi connectivity index (χ0) is 26.2. The van der Waals surface area contributed by atoms with Gasteiger partial charge in [-0.2, -0.15) is 23.4 Å². The lowest BCUT2D eigenvalue weighted by Crippen LogP contribution is -2.15. The van der Waals surface area contributed by atoms with E-state index in [2.05, 4.69) is 20.5 Å². The van der Waals surface area contributed by atoms with Gasteiger partial charge in [0.2, 0.25) is 0 Å². The molecule has 3 heterocycles. The first-order chi connectivity index (χ1) is 17.7. The number of halogens is 3. The molecule has 5 aromatic rings. The number of hydrogen-bond acceptors (Lipinski definition) is 4. The molecule has 0 aliphatic heterocycles. The van der Waals surface area contributed by atoms with Gasteiger partial charge in [-0.25, -0.2) is 9.50 Å². The van der Waals surface area contributed by atoms with Crippen LogP contribution in [0.5, 0.6) is 0 Å². The van der Waals surface area contributed by atoms with Crippen LogP contribution in [0.2, 0.25) is 0 Å². The summed E-state index contributed by atoms with van der Waals surface area (Å²) in [6.45, 7) is 4.58. The minimum Gasteiger partial charge on any atom is -0.318 e. The van der Waals surface area contributed by atoms with Crippen molar-refractivity contribution in [1.29, 1.82) is 0 Å². The summed E-state index contributed by atoms with van der Waals surface area (Å²) in [5, 5.41) is 10.8. The molecule has 1 amide bonds. The van der Waals surface area contributed by atoms with Crippen LogP contribution >= 0.6 is 0 Å². The molecule has 0 aliphatic rings. The Morgan fingerprint density at radius 1 is 1.03 bits per heavy atom. The second-order valence-electron chi connectivity index (χ2n) is 8.97. The van der Waals surface area contributed by atoms with Gasteiger partial charge in [0, 0.05) is 17.8 Å². The first kappa shape index (κ1) is 24.2. The van der Waals surface area contributed by atoms with Crippen molar-refractivity contribution in [2.45, 2.75) is 32.5 Å². The van der Waals surface area contributed by atoms with E-state index in [4.69, 9.17) is 0 Å². The fourth-order valence-electron chi connectivity index (χ4n) is 3.95. The van der Waals surface area contributed by atoms with Gasteiger partial charge in [0.25, 0.3) is 5.91 Å². The third-order valence-electron chi connectivity index (χ3n) is 5.90. The van der Waals surface area contributed by atoms with Crippen LogP contribution in [0, 0.1) is 0 Å². The van der Waals surface area contributed by atoms with E-state index < -0.39 is 17.8 Å². The van der Waals surface area contributed by atoms with Crippen LogP contribution in [0.4, 0.5) is 18.9 Å². The van der Waals surface area contributed by atoms with Gasteiger partial charge in [-0.05, 0) is 23.1 Å². The van der Waals surface area contributed by atoms with Gasteiger partial charge in [0.1, 0.15) is 0 Å². The monoisotopic (exact) mass is 504 g/mol. The lowest BCUT2D eigenvalue weighted by molar-refractivity contribution is -0.142. The smallest absolute Gasteiger partial charge is 0.318 e. The van der Waals surface area contributed by atoms with Crippen LogP contribution in [-0.4, -0.2) is 30.3 Å². The molecule has 2 aromatic carbocycles. The van der Waals surface area contributed by atoms with Crippen LogP contribution in [0.1, 0.15) is 47.1 Å². The third kappa shape index (κ3) is 5.23. The number of anilines is 1. The van der Waals surface area contributed by atoms with Crippen molar-refractivity contribution in [3.63, 3.8) is 0 Å². The normalized spacial score (nSPS) is 11.8. The minimum absolute atomic E-state index is 0.0808. The van der Waals surface area contributed by atoms with E-state index >= 15 is 0 Å². The van der Waals surface area contributed by atoms with E-state index in [0.29, 0.717) is 22.3 Å². The molecule has 0 unspecified atom stereocenters. The molecule has 188 valence electrons. The fraction of sp³-hybridized carbons (Fsp3) is 0.185. The molecular weight excluding hydrogens is 481 g/mol. The summed E-state index contributed by atoms with van der Waals surface area (Å²) in [5.74, 6) is -0.378. The summed E-state index contributed by atoms with van der Waals surface area (Å²) in [6, 6.07) is 19.1. The van der Waals surface area contributed by atoms with Crippen LogP contribution in [0.25, 0.3) is 16.9 Å². The fourth-order valence-corrected chi connectivity index (χ4v) is 3.95. The summed E-state index contributed by atoms with van der Waals surface area (Å²) >= 11 is 0. The summed E-state index contributed by atoms with van der Waals surface area (Å²) in [7, 11) is 0. The molecule has 0 aliphatic carbocycles. The van der Waals surface area contributed by atoms with Crippen molar-refractivity contribution < 1.29 is 18.0 Å². The Morgan fingerprint density at radius 3 is 2.43 bits per heavy atom. The Hall–Kier alpha value is -4.47. The largest absolute Gasteiger partial charge is 0.433 e. The molecule has 0 saturated heterocycles. The van der Waals surface area contributed by atoms with E-state index in [9.17, 15) is 18.0 Å². The predicted molar refractivity (Wildman–Crippen MR) is 133 cm³/mol. The van der Waals surface area contributed by atoms with Crippen molar-refractivity contribution >= 4 is 17.2 Å². The summed E-state index contributed by atoms with van der Waals surface area (Å²) in [4.78, 5) is 17.2. The zero-order valence-corrected chi connectivity index (χ0v) is 20.1. The highest BCUT2D eigenvalue weighted by molar-refractivity contribution is 6.03. The number of benzene rings is 2. The van der Waals surface area contributed by atoms with Gasteiger partial charge in [0.15, 0.2) is 17.0 Å². The SMILES string of the molecule is CC(C)c1ccc(-c2cc(C(F)(F)F)n3nc(C(=O)Nc4cnn(Cc5ccccc5)c4)cc3n2)cc1. The topological polar surface area (TPSA) is 77.1 Å². The Bertz CT molecular complexity index is 1550. The minimum atomic E-state index is -4.70. The van der Waals surface area contributed by atoms with Gasteiger partial charge < -0.3 is 5.32 Å². The van der Waals surface area contributed by atoms with Crippen molar-refractivity contribution in [2.75, 3.05) is 5.32 Å². The highest BCUT2D eigenvalue weighted by Gasteiger charge is 2.35. The molecule has 0 fully saturated rings. The molecule has 0 radical (unpaired) electrons. The first-order valence-corrected chi connectivity index (χ1v) is 11.6. The van der Waals surface area contributed by atoms with Crippen molar-refractivity contribution in [1.82, 2.24) is 24.4 Å². The van der Waals surface area contributed by atoms with Crippen LogP contribution in [-0.2, 0) is 12.7 Å². The average molecular weight is 505 g/mol. The molecule has 0 saturated carbocycles. The number of nitrogens with one attached hydrogen (secondary N) is 1. The van der Waals surface area contributed by atoms with Crippen molar-refractivity contribution in [2.24, 2.45) is 0 Å². The molecule has 0 spiro atoms. The number of nitrogens with zero attached hydrogens (tertiary/aromatic N) is 5. The zero-order valence-electron chi connectivity index (χ0n) is 20.1. The second kappa shape index (κ2) is 9.53. The Kier molecular flexibility index (Phi) is 6.24. The molecule has 7 nitrogen and oxygen atoms in total. The Labute approximate surface area is 210 Å². The van der Waals surface area contributed by atoms with Crippen LogP contribution < -0.4 is 5.32 Å². The summed E-state index contributed by atoms with van der Waals surface area (Å²) < 4.78 is 44.1. The first-order valence-electron chi connectivity index (χ1n) is 11.6. The van der Waals surface area contributed by atoms with Crippen molar-refractivity contribution in [3.8, 4) is 11.3 Å². The van der Waals surface area contributed by atoms with E-state index in [0.717, 1.165) is 17.2 Å². The third-order valence-corrected chi connectivity index (χ3v) is 5.90. The highest BCUT2D eigenvalue weighted by Crippen LogP contribution is 2.32. The van der Waals surface area contributed by atoms with Gasteiger partial charge in [0.05, 0.1) is 24.1 Å². The molecule has 5 rings (SSSR count). The maximum atomic E-state index is 13.9. The van der Waals surface area contributed by atoms with Crippen LogP contribution in [0.3, 0.4) is 0 Å². The summed E-state index contributed by atoms with van der Waals surface area (Å²) in [5.41, 5.74) is 1.88. The van der Waals surface area contributed by atoms with E-state index in [1.807, 2.05) is 56.3 Å². The molecule has 37 heavy (non-hydrogen) atoms. The second-order valence-corrected chi connectivity index (χ2v) is 8.97. The molecular formula is C27H23F3N6O. The lowest BCUT2D eigenvalue weighted by Gasteiger charge is -2.11. The van der Waals surface area contributed by atoms with Crippen LogP contribution in [0.15, 0.2) is 79.1 Å². The number of fused-ring (bicyclic) bond motifs is 1. The number of carbonyl (C=O) groups excluding carboxylic acids is 1. The maximum Gasteiger partial charge on any atom is 0.433 e. The van der Waals surface area contributed by atoms with Gasteiger partial charge in [-0.15, -0.1) is 0 Å². The summed E-state index contributed by atoms with van der Waals surface area (Å²) in [6.07, 6.45) is -1.60. The molecule has 0 bridgehead atoms. The molecule has 3 aromatic heterocycles. The average Bonchev–Trinajstić information content (AvgIpc) is 3.50. The molecule has 1 N–H and O–H groups in total. The number of hydrogen-bond donors (Lipinski definition) is 1. The standard InChI is InChI=1S/C27H23F3N6O/c1-17(2)19-8-10-20(11-9-19)22-12-24(27(28,29)30)36-25(33-22)13-23(34-36)26(37)32-21-14-31-35(16-21)15-18-6-4-3-5-7-18/h3-14,16-17H,15H2,1-2H3,(H,32,37). The number of alkyl halides is 3. The predicted octanol–water partition coefficient (Wildman–Crippen LogP) is 6.04.